The van der Waals surface area contributed by atoms with Crippen LogP contribution in [0.15, 0.2) is 53.6 Å². The van der Waals surface area contributed by atoms with Crippen LogP contribution in [0.25, 0.3) is 0 Å². The molecule has 0 amide bonds. The van der Waals surface area contributed by atoms with Gasteiger partial charge in [-0.25, -0.2) is 0 Å². The summed E-state index contributed by atoms with van der Waals surface area (Å²) in [7, 11) is 0. The van der Waals surface area contributed by atoms with Crippen LogP contribution in [-0.2, 0) is 11.3 Å². The molecule has 0 saturated heterocycles. The third kappa shape index (κ3) is 8.75. The summed E-state index contributed by atoms with van der Waals surface area (Å²) in [5.41, 5.74) is 3.97. The molecule has 0 N–H and O–H groups in total. The number of hydrogen-bond acceptors (Lipinski definition) is 1. The van der Waals surface area contributed by atoms with Crippen molar-refractivity contribution in [2.24, 2.45) is 0 Å². The second-order valence-electron chi connectivity index (χ2n) is 5.34. The van der Waals surface area contributed by atoms with Crippen LogP contribution in [0, 0.1) is 0 Å². The molecule has 116 valence electrons. The van der Waals surface area contributed by atoms with E-state index >= 15 is 0 Å². The maximum Gasteiger partial charge on any atom is 0.0721 e. The van der Waals surface area contributed by atoms with Gasteiger partial charge in [0.25, 0.3) is 0 Å². The highest BCUT2D eigenvalue weighted by Crippen LogP contribution is 2.14. The van der Waals surface area contributed by atoms with E-state index in [0.717, 1.165) is 19.3 Å². The van der Waals surface area contributed by atoms with Gasteiger partial charge < -0.3 is 4.74 Å². The molecule has 1 rings (SSSR count). The summed E-state index contributed by atoms with van der Waals surface area (Å²) in [5.74, 6) is 0.632. The minimum absolute atomic E-state index is 0.632. The Balaban J connectivity index is 2.34. The lowest BCUT2D eigenvalue weighted by molar-refractivity contribution is 0.148. The van der Waals surface area contributed by atoms with Gasteiger partial charge >= 0.3 is 0 Å². The van der Waals surface area contributed by atoms with Gasteiger partial charge in [-0.15, -0.1) is 11.6 Å². The van der Waals surface area contributed by atoms with Crippen LogP contribution >= 0.6 is 11.6 Å². The van der Waals surface area contributed by atoms with Crippen LogP contribution in [0.5, 0.6) is 0 Å². The molecule has 1 aromatic carbocycles. The number of benzene rings is 1. The molecule has 0 saturated carbocycles. The van der Waals surface area contributed by atoms with Gasteiger partial charge in [0.15, 0.2) is 0 Å². The van der Waals surface area contributed by atoms with Crippen molar-refractivity contribution in [2.75, 3.05) is 12.5 Å². The van der Waals surface area contributed by atoms with E-state index in [4.69, 9.17) is 16.3 Å². The summed E-state index contributed by atoms with van der Waals surface area (Å²) in [4.78, 5) is 0. The molecule has 0 unspecified atom stereocenters. The fourth-order valence-electron chi connectivity index (χ4n) is 2.14. The van der Waals surface area contributed by atoms with Crippen molar-refractivity contribution in [3.8, 4) is 0 Å². The summed E-state index contributed by atoms with van der Waals surface area (Å²) in [6.07, 6.45) is 9.00. The molecule has 0 fully saturated rings. The number of ether oxygens (including phenoxy) is 1. The topological polar surface area (TPSA) is 9.23 Å². The van der Waals surface area contributed by atoms with E-state index in [9.17, 15) is 0 Å². The summed E-state index contributed by atoms with van der Waals surface area (Å²) in [6.45, 7) is 5.68. The maximum atomic E-state index is 5.79. The van der Waals surface area contributed by atoms with Gasteiger partial charge in [-0.1, -0.05) is 67.0 Å². The van der Waals surface area contributed by atoms with Crippen LogP contribution in [0.1, 0.15) is 45.1 Å². The van der Waals surface area contributed by atoms with Crippen molar-refractivity contribution in [3.05, 3.63) is 59.2 Å². The van der Waals surface area contributed by atoms with Crippen LogP contribution in [0.2, 0.25) is 0 Å². The van der Waals surface area contributed by atoms with Crippen molar-refractivity contribution in [1.82, 2.24) is 0 Å². The van der Waals surface area contributed by atoms with E-state index in [1.54, 1.807) is 0 Å². The van der Waals surface area contributed by atoms with Crippen LogP contribution < -0.4 is 0 Å². The Kier molecular flexibility index (Phi) is 9.94. The lowest BCUT2D eigenvalue weighted by Gasteiger charge is -2.06. The summed E-state index contributed by atoms with van der Waals surface area (Å²) >= 11 is 5.79. The Morgan fingerprint density at radius 3 is 2.57 bits per heavy atom. The molecule has 0 radical (unpaired) electrons. The van der Waals surface area contributed by atoms with E-state index in [-0.39, 0.29) is 0 Å². The van der Waals surface area contributed by atoms with Gasteiger partial charge in [0.05, 0.1) is 13.2 Å². The zero-order valence-electron chi connectivity index (χ0n) is 13.3. The van der Waals surface area contributed by atoms with Gasteiger partial charge in [-0.05, 0) is 31.7 Å². The van der Waals surface area contributed by atoms with E-state index in [1.807, 2.05) is 18.2 Å². The summed E-state index contributed by atoms with van der Waals surface area (Å²) < 4.78 is 5.73. The van der Waals surface area contributed by atoms with Crippen molar-refractivity contribution in [2.45, 2.75) is 46.1 Å². The molecule has 1 nitrogen and oxygen atoms in total. The number of alkyl halides is 1. The van der Waals surface area contributed by atoms with Gasteiger partial charge in [-0.3, -0.25) is 0 Å². The Labute approximate surface area is 134 Å². The molecule has 0 aliphatic heterocycles. The minimum Gasteiger partial charge on any atom is -0.373 e. The Hall–Kier alpha value is -1.05. The average Bonchev–Trinajstić information content (AvgIpc) is 2.52. The lowest BCUT2D eigenvalue weighted by Crippen LogP contribution is -1.95. The molecular weight excluding hydrogens is 280 g/mol. The van der Waals surface area contributed by atoms with Gasteiger partial charge in [-0.2, -0.15) is 0 Å². The van der Waals surface area contributed by atoms with E-state index in [0.29, 0.717) is 19.1 Å². The fraction of sp³-hybridized carbons (Fsp3) is 0.474. The second-order valence-corrected chi connectivity index (χ2v) is 5.60. The number of halogens is 1. The highest BCUT2D eigenvalue weighted by atomic mass is 35.5. The van der Waals surface area contributed by atoms with Crippen molar-refractivity contribution < 1.29 is 4.74 Å². The first-order chi connectivity index (χ1) is 10.3. The monoisotopic (exact) mass is 306 g/mol. The predicted octanol–water partition coefficient (Wildman–Crippen LogP) is 5.90. The zero-order chi connectivity index (χ0) is 15.3. The van der Waals surface area contributed by atoms with E-state index < -0.39 is 0 Å². The van der Waals surface area contributed by atoms with E-state index in [1.165, 1.54) is 23.1 Å². The molecule has 0 spiro atoms. The molecule has 0 bridgehead atoms. The highest BCUT2D eigenvalue weighted by molar-refractivity contribution is 6.19. The zero-order valence-corrected chi connectivity index (χ0v) is 14.0. The highest BCUT2D eigenvalue weighted by Gasteiger charge is 1.97. The minimum atomic E-state index is 0.632. The Bertz CT molecular complexity index is 434. The molecule has 0 aliphatic rings. The van der Waals surface area contributed by atoms with Crippen LogP contribution in [-0.4, -0.2) is 12.5 Å². The van der Waals surface area contributed by atoms with E-state index in [2.05, 4.69) is 38.1 Å². The van der Waals surface area contributed by atoms with Crippen LogP contribution in [0.3, 0.4) is 0 Å². The molecule has 0 heterocycles. The molecule has 1 aromatic rings. The molecule has 2 heteroatoms. The van der Waals surface area contributed by atoms with Gasteiger partial charge in [0, 0.05) is 5.88 Å². The average molecular weight is 307 g/mol. The van der Waals surface area contributed by atoms with Crippen molar-refractivity contribution in [1.29, 1.82) is 0 Å². The molecule has 0 aliphatic carbocycles. The third-order valence-corrected chi connectivity index (χ3v) is 3.76. The maximum absolute atomic E-state index is 5.79. The fourth-order valence-corrected chi connectivity index (χ4v) is 2.25. The first-order valence-electron chi connectivity index (χ1n) is 7.77. The number of rotatable bonds is 10. The SMILES string of the molecule is CCC/C(=C\COCc1ccccc1)CC/C=C(\C)CCl. The Morgan fingerprint density at radius 2 is 1.90 bits per heavy atom. The summed E-state index contributed by atoms with van der Waals surface area (Å²) in [6, 6.07) is 10.3. The number of allylic oxidation sites excluding steroid dienone is 3. The largest absolute Gasteiger partial charge is 0.373 e. The molecule has 0 aromatic heterocycles. The first-order valence-corrected chi connectivity index (χ1v) is 8.30. The van der Waals surface area contributed by atoms with Crippen LogP contribution in [0.4, 0.5) is 0 Å². The van der Waals surface area contributed by atoms with Crippen molar-refractivity contribution in [3.63, 3.8) is 0 Å². The third-order valence-electron chi connectivity index (χ3n) is 3.34. The second kappa shape index (κ2) is 11.6. The van der Waals surface area contributed by atoms with Gasteiger partial charge in [0.1, 0.15) is 0 Å². The molecular formula is C19H27ClO. The number of hydrogen-bond donors (Lipinski definition) is 0. The Morgan fingerprint density at radius 1 is 1.14 bits per heavy atom. The predicted molar refractivity (Wildman–Crippen MR) is 92.8 cm³/mol. The standard InChI is InChI=1S/C19H27ClO/c1-3-8-18(12-7-9-17(2)15-20)13-14-21-16-19-10-5-4-6-11-19/h4-6,9-11,13H,3,7-8,12,14-16H2,1-2H3/b17-9+,18-13+. The lowest BCUT2D eigenvalue weighted by atomic mass is 10.0. The summed E-state index contributed by atoms with van der Waals surface area (Å²) in [5, 5.41) is 0. The molecule has 0 atom stereocenters. The smallest absolute Gasteiger partial charge is 0.0721 e. The first kappa shape index (κ1) is 18.0. The van der Waals surface area contributed by atoms with Crippen molar-refractivity contribution >= 4 is 11.6 Å². The molecule has 21 heavy (non-hydrogen) atoms. The quantitative estimate of drug-likeness (QED) is 0.297. The normalized spacial score (nSPS) is 12.7. The van der Waals surface area contributed by atoms with Gasteiger partial charge in [0.2, 0.25) is 0 Å².